The summed E-state index contributed by atoms with van der Waals surface area (Å²) in [5.74, 6) is 0.908. The van der Waals surface area contributed by atoms with Gasteiger partial charge in [-0.1, -0.05) is 12.1 Å². The van der Waals surface area contributed by atoms with Crippen LogP contribution in [0.15, 0.2) is 24.3 Å². The maximum Gasteiger partial charge on any atom is 0.222 e. The van der Waals surface area contributed by atoms with Gasteiger partial charge in [0.2, 0.25) is 5.91 Å². The van der Waals surface area contributed by atoms with E-state index in [0.29, 0.717) is 43.7 Å². The maximum absolute atomic E-state index is 13.2. The minimum absolute atomic E-state index is 0.0117. The Hall–Kier alpha value is -2.93. The van der Waals surface area contributed by atoms with Crippen LogP contribution in [0.4, 0.5) is 0 Å². The monoisotopic (exact) mass is 453 g/mol. The second-order valence-corrected chi connectivity index (χ2v) is 8.84. The first kappa shape index (κ1) is 24.7. The molecule has 2 heterocycles. The molecule has 3 rings (SSSR count). The van der Waals surface area contributed by atoms with Gasteiger partial charge in [-0.2, -0.15) is 0 Å². The third kappa shape index (κ3) is 5.71. The summed E-state index contributed by atoms with van der Waals surface area (Å²) in [7, 11) is 1.64. The molecule has 1 amide bonds. The third-order valence-electron chi connectivity index (χ3n) is 6.63. The number of hydrogen-bond donors (Lipinski definition) is 1. The number of aryl methyl sites for hydroxylation is 2. The number of aromatic nitrogens is 1. The van der Waals surface area contributed by atoms with Crippen molar-refractivity contribution in [1.29, 1.82) is 0 Å². The molecule has 1 atom stereocenters. The fourth-order valence-corrected chi connectivity index (χ4v) is 4.67. The van der Waals surface area contributed by atoms with Crippen molar-refractivity contribution in [2.75, 3.05) is 33.3 Å². The van der Waals surface area contributed by atoms with Crippen molar-refractivity contribution >= 4 is 17.5 Å². The molecule has 0 aliphatic carbocycles. The number of rotatable bonds is 8. The summed E-state index contributed by atoms with van der Waals surface area (Å²) >= 11 is 0. The Labute approximate surface area is 196 Å². The van der Waals surface area contributed by atoms with Gasteiger partial charge < -0.3 is 14.6 Å². The number of ketones is 2. The number of ether oxygens (including phenoxy) is 1. The predicted molar refractivity (Wildman–Crippen MR) is 128 cm³/mol. The minimum atomic E-state index is -0.323. The lowest BCUT2D eigenvalue weighted by molar-refractivity contribution is -0.131. The summed E-state index contributed by atoms with van der Waals surface area (Å²) in [4.78, 5) is 45.1. The first-order valence-electron chi connectivity index (χ1n) is 11.6. The van der Waals surface area contributed by atoms with Crippen molar-refractivity contribution in [3.05, 3.63) is 52.3 Å². The fraction of sp³-hybridized carbons (Fsp3) is 0.500. The smallest absolute Gasteiger partial charge is 0.222 e. The van der Waals surface area contributed by atoms with E-state index < -0.39 is 0 Å². The average molecular weight is 454 g/mol. The number of Topliss-reactive ketones (excluding diaryl/α,β-unsaturated/α-hetero) is 2. The van der Waals surface area contributed by atoms with Crippen molar-refractivity contribution in [2.45, 2.75) is 53.0 Å². The topological polar surface area (TPSA) is 82.7 Å². The van der Waals surface area contributed by atoms with Gasteiger partial charge in [-0.15, -0.1) is 0 Å². The molecule has 1 unspecified atom stereocenters. The number of carbonyl (C=O) groups is 3. The van der Waals surface area contributed by atoms with Gasteiger partial charge in [-0.25, -0.2) is 0 Å². The highest BCUT2D eigenvalue weighted by Crippen LogP contribution is 2.22. The SMILES string of the molecule is COc1ccc(CCC(=O)N2CCCN(C(C)C(=O)c3[nH]c(C)c(C(C)=O)c3C)CC2)cc1. The average Bonchev–Trinajstić information content (AvgIpc) is 2.95. The molecule has 1 aliphatic heterocycles. The second-order valence-electron chi connectivity index (χ2n) is 8.84. The molecular formula is C26H35N3O4. The van der Waals surface area contributed by atoms with E-state index in [1.165, 1.54) is 6.92 Å². The van der Waals surface area contributed by atoms with Crippen LogP contribution in [0.25, 0.3) is 0 Å². The Morgan fingerprint density at radius 1 is 1.06 bits per heavy atom. The quantitative estimate of drug-likeness (QED) is 0.618. The highest BCUT2D eigenvalue weighted by atomic mass is 16.5. The van der Waals surface area contributed by atoms with Gasteiger partial charge in [0, 0.05) is 43.9 Å². The fourth-order valence-electron chi connectivity index (χ4n) is 4.67. The van der Waals surface area contributed by atoms with Crippen LogP contribution >= 0.6 is 0 Å². The van der Waals surface area contributed by atoms with Crippen molar-refractivity contribution in [2.24, 2.45) is 0 Å². The number of benzene rings is 1. The molecule has 1 saturated heterocycles. The molecular weight excluding hydrogens is 418 g/mol. The molecule has 2 aromatic rings. The molecule has 0 bridgehead atoms. The van der Waals surface area contributed by atoms with Crippen LogP contribution in [0.5, 0.6) is 5.75 Å². The van der Waals surface area contributed by atoms with Crippen LogP contribution in [-0.4, -0.2) is 71.6 Å². The van der Waals surface area contributed by atoms with Gasteiger partial charge in [0.1, 0.15) is 5.75 Å². The second kappa shape index (κ2) is 10.8. The highest BCUT2D eigenvalue weighted by Gasteiger charge is 2.29. The summed E-state index contributed by atoms with van der Waals surface area (Å²) in [5.41, 5.74) is 3.69. The van der Waals surface area contributed by atoms with Crippen LogP contribution < -0.4 is 4.74 Å². The molecule has 1 N–H and O–H groups in total. The minimum Gasteiger partial charge on any atom is -0.497 e. The van der Waals surface area contributed by atoms with Gasteiger partial charge in [-0.3, -0.25) is 19.3 Å². The molecule has 7 nitrogen and oxygen atoms in total. The molecule has 1 aromatic heterocycles. The van der Waals surface area contributed by atoms with Crippen molar-refractivity contribution in [3.63, 3.8) is 0 Å². The zero-order valence-electron chi connectivity index (χ0n) is 20.4. The number of hydrogen-bond acceptors (Lipinski definition) is 5. The Balaban J connectivity index is 1.57. The van der Waals surface area contributed by atoms with Gasteiger partial charge >= 0.3 is 0 Å². The normalized spacial score (nSPS) is 15.7. The van der Waals surface area contributed by atoms with Gasteiger partial charge in [0.15, 0.2) is 11.6 Å². The van der Waals surface area contributed by atoms with Crippen LogP contribution in [0.2, 0.25) is 0 Å². The molecule has 33 heavy (non-hydrogen) atoms. The summed E-state index contributed by atoms with van der Waals surface area (Å²) in [6, 6.07) is 7.48. The van der Waals surface area contributed by atoms with Crippen molar-refractivity contribution < 1.29 is 19.1 Å². The number of nitrogens with zero attached hydrogens (tertiary/aromatic N) is 2. The zero-order chi connectivity index (χ0) is 24.1. The van der Waals surface area contributed by atoms with E-state index in [1.54, 1.807) is 7.11 Å². The van der Waals surface area contributed by atoms with E-state index in [1.807, 2.05) is 49.9 Å². The molecule has 1 aliphatic rings. The van der Waals surface area contributed by atoms with Gasteiger partial charge in [0.05, 0.1) is 18.8 Å². The van der Waals surface area contributed by atoms with E-state index in [-0.39, 0.29) is 23.5 Å². The van der Waals surface area contributed by atoms with E-state index >= 15 is 0 Å². The number of methoxy groups -OCH3 is 1. The number of aromatic amines is 1. The number of nitrogens with one attached hydrogen (secondary N) is 1. The lowest BCUT2D eigenvalue weighted by Gasteiger charge is -2.26. The molecule has 1 fully saturated rings. The van der Waals surface area contributed by atoms with Gasteiger partial charge in [-0.05, 0) is 63.8 Å². The van der Waals surface area contributed by atoms with Crippen LogP contribution in [0.3, 0.4) is 0 Å². The summed E-state index contributed by atoms with van der Waals surface area (Å²) in [6.07, 6.45) is 1.99. The van der Waals surface area contributed by atoms with E-state index in [0.717, 1.165) is 35.5 Å². The van der Waals surface area contributed by atoms with Crippen LogP contribution in [0, 0.1) is 13.8 Å². The molecule has 0 spiro atoms. The predicted octanol–water partition coefficient (Wildman–Crippen LogP) is 3.58. The molecule has 7 heteroatoms. The van der Waals surface area contributed by atoms with Gasteiger partial charge in [0.25, 0.3) is 0 Å². The largest absolute Gasteiger partial charge is 0.497 e. The Morgan fingerprint density at radius 2 is 1.76 bits per heavy atom. The van der Waals surface area contributed by atoms with E-state index in [2.05, 4.69) is 9.88 Å². The molecule has 1 aromatic carbocycles. The standard InChI is InChI=1S/C26H35N3O4/c1-17-24(20(4)30)18(2)27-25(17)26(32)19(3)28-13-6-14-29(16-15-28)23(31)12-9-21-7-10-22(33-5)11-8-21/h7-8,10-11,19,27H,6,9,12-16H2,1-5H3. The van der Waals surface area contributed by atoms with E-state index in [9.17, 15) is 14.4 Å². The number of carbonyl (C=O) groups excluding carboxylic acids is 3. The summed E-state index contributed by atoms with van der Waals surface area (Å²) < 4.78 is 5.18. The maximum atomic E-state index is 13.2. The lowest BCUT2D eigenvalue weighted by atomic mass is 10.0. The Morgan fingerprint density at radius 3 is 2.36 bits per heavy atom. The lowest BCUT2D eigenvalue weighted by Crippen LogP contribution is -2.42. The number of H-pyrrole nitrogens is 1. The number of amides is 1. The third-order valence-corrected chi connectivity index (χ3v) is 6.63. The summed E-state index contributed by atoms with van der Waals surface area (Å²) in [5, 5.41) is 0. The van der Waals surface area contributed by atoms with Crippen LogP contribution in [-0.2, 0) is 11.2 Å². The molecule has 0 radical (unpaired) electrons. The van der Waals surface area contributed by atoms with Crippen molar-refractivity contribution in [1.82, 2.24) is 14.8 Å². The Bertz CT molecular complexity index is 1010. The van der Waals surface area contributed by atoms with Crippen molar-refractivity contribution in [3.8, 4) is 5.75 Å². The van der Waals surface area contributed by atoms with E-state index in [4.69, 9.17) is 4.74 Å². The zero-order valence-corrected chi connectivity index (χ0v) is 20.4. The highest BCUT2D eigenvalue weighted by molar-refractivity contribution is 6.05. The first-order valence-corrected chi connectivity index (χ1v) is 11.6. The molecule has 178 valence electrons. The first-order chi connectivity index (χ1) is 15.7. The van der Waals surface area contributed by atoms with Crippen LogP contribution in [0.1, 0.15) is 64.4 Å². The molecule has 0 saturated carbocycles. The Kier molecular flexibility index (Phi) is 8.08. The summed E-state index contributed by atoms with van der Waals surface area (Å²) in [6.45, 7) is 9.81.